The first-order valence-corrected chi connectivity index (χ1v) is 5.71. The second kappa shape index (κ2) is 6.71. The Hall–Kier alpha value is -0.700. The lowest BCUT2D eigenvalue weighted by Gasteiger charge is -2.22. The Balaban J connectivity index is 4.57. The van der Waals surface area contributed by atoms with Gasteiger partial charge in [0.25, 0.3) is 0 Å². The minimum Gasteiger partial charge on any atom is -0.103 e. The molecule has 0 aromatic heterocycles. The lowest BCUT2D eigenvalue weighted by atomic mass is 9.82. The van der Waals surface area contributed by atoms with Crippen molar-refractivity contribution >= 4 is 0 Å². The van der Waals surface area contributed by atoms with Gasteiger partial charge in [-0.25, -0.2) is 0 Å². The van der Waals surface area contributed by atoms with Crippen LogP contribution in [-0.4, -0.2) is 0 Å². The number of allylic oxidation sites excluding steroid dienone is 1. The molecule has 0 spiro atoms. The topological polar surface area (TPSA) is 0 Å². The van der Waals surface area contributed by atoms with Crippen LogP contribution in [0.3, 0.4) is 0 Å². The molecule has 80 valence electrons. The number of hydrogen-bond acceptors (Lipinski definition) is 0. The van der Waals surface area contributed by atoms with Crippen molar-refractivity contribution in [3.8, 4) is 11.8 Å². The van der Waals surface area contributed by atoms with E-state index >= 15 is 0 Å². The molecule has 0 aliphatic carbocycles. The zero-order valence-corrected chi connectivity index (χ0v) is 10.4. The minimum absolute atomic E-state index is 0.380. The lowest BCUT2D eigenvalue weighted by Crippen LogP contribution is -2.14. The Morgan fingerprint density at radius 1 is 1.21 bits per heavy atom. The molecule has 2 atom stereocenters. The molecule has 0 aliphatic heterocycles. The van der Waals surface area contributed by atoms with Crippen LogP contribution in [0, 0.1) is 29.6 Å². The first kappa shape index (κ1) is 13.3. The predicted octanol–water partition coefficient (Wildman–Crippen LogP) is 4.27. The van der Waals surface area contributed by atoms with Gasteiger partial charge in [-0.3, -0.25) is 0 Å². The molecular weight excluding hydrogens is 168 g/mol. The van der Waals surface area contributed by atoms with Crippen LogP contribution in [-0.2, 0) is 0 Å². The van der Waals surface area contributed by atoms with Gasteiger partial charge in [0.05, 0.1) is 0 Å². The van der Waals surface area contributed by atoms with E-state index in [9.17, 15) is 0 Å². The van der Waals surface area contributed by atoms with Gasteiger partial charge in [-0.15, -0.1) is 5.92 Å². The molecule has 0 radical (unpaired) electrons. The summed E-state index contributed by atoms with van der Waals surface area (Å²) in [6.07, 6.45) is 2.10. The largest absolute Gasteiger partial charge is 0.103 e. The summed E-state index contributed by atoms with van der Waals surface area (Å²) in [4.78, 5) is 0. The first-order valence-electron chi connectivity index (χ1n) is 5.71. The van der Waals surface area contributed by atoms with Gasteiger partial charge in [0.15, 0.2) is 0 Å². The molecule has 2 unspecified atom stereocenters. The van der Waals surface area contributed by atoms with Crippen LogP contribution in [0.25, 0.3) is 0 Å². The fourth-order valence-electron chi connectivity index (χ4n) is 1.47. The van der Waals surface area contributed by atoms with Gasteiger partial charge >= 0.3 is 0 Å². The van der Waals surface area contributed by atoms with E-state index in [1.165, 1.54) is 5.57 Å². The highest BCUT2D eigenvalue weighted by Gasteiger charge is 2.17. The van der Waals surface area contributed by atoms with Gasteiger partial charge in [-0.05, 0) is 18.3 Å². The molecule has 0 rings (SSSR count). The number of rotatable bonds is 4. The highest BCUT2D eigenvalue weighted by Crippen LogP contribution is 2.26. The van der Waals surface area contributed by atoms with Crippen LogP contribution in [0.1, 0.15) is 47.5 Å². The average molecular weight is 192 g/mol. The molecule has 0 bridgehead atoms. The van der Waals surface area contributed by atoms with Gasteiger partial charge in [-0.2, -0.15) is 0 Å². The second-order valence-electron chi connectivity index (χ2n) is 4.28. The molecule has 0 aliphatic rings. The molecule has 14 heavy (non-hydrogen) atoms. The van der Waals surface area contributed by atoms with E-state index in [2.05, 4.69) is 53.0 Å². The van der Waals surface area contributed by atoms with Crippen molar-refractivity contribution in [3.63, 3.8) is 0 Å². The highest BCUT2D eigenvalue weighted by atomic mass is 14.2. The SMILES string of the molecule is C=C(C(C)CC)C(C#CCC)C(C)C. The summed E-state index contributed by atoms with van der Waals surface area (Å²) in [6, 6.07) is 0. The average Bonchev–Trinajstić information content (AvgIpc) is 2.16. The van der Waals surface area contributed by atoms with Gasteiger partial charge in [0.1, 0.15) is 0 Å². The molecule has 0 saturated heterocycles. The molecule has 0 aromatic rings. The first-order chi connectivity index (χ1) is 6.54. The fraction of sp³-hybridized carbons (Fsp3) is 0.714. The summed E-state index contributed by atoms with van der Waals surface area (Å²) in [5.41, 5.74) is 1.31. The maximum Gasteiger partial charge on any atom is 0.0434 e. The Labute approximate surface area is 89.8 Å². The van der Waals surface area contributed by atoms with E-state index in [4.69, 9.17) is 0 Å². The highest BCUT2D eigenvalue weighted by molar-refractivity contribution is 5.19. The molecule has 0 heterocycles. The van der Waals surface area contributed by atoms with Crippen LogP contribution in [0.2, 0.25) is 0 Å². The Bertz CT molecular complexity index is 224. The molecule has 0 N–H and O–H groups in total. The third-order valence-electron chi connectivity index (χ3n) is 2.75. The summed E-state index contributed by atoms with van der Waals surface area (Å²) in [5, 5.41) is 0. The molecule has 0 fully saturated rings. The predicted molar refractivity (Wildman–Crippen MR) is 65.0 cm³/mol. The van der Waals surface area contributed by atoms with Gasteiger partial charge in [0.2, 0.25) is 0 Å². The van der Waals surface area contributed by atoms with E-state index in [1.807, 2.05) is 0 Å². The second-order valence-corrected chi connectivity index (χ2v) is 4.28. The zero-order chi connectivity index (χ0) is 11.1. The molecular formula is C14H24. The van der Waals surface area contributed by atoms with E-state index < -0.39 is 0 Å². The summed E-state index contributed by atoms with van der Waals surface area (Å²) in [6.45, 7) is 15.2. The third-order valence-corrected chi connectivity index (χ3v) is 2.75. The van der Waals surface area contributed by atoms with Crippen molar-refractivity contribution in [2.45, 2.75) is 47.5 Å². The third kappa shape index (κ3) is 4.01. The summed E-state index contributed by atoms with van der Waals surface area (Å²) in [5.74, 6) is 8.06. The summed E-state index contributed by atoms with van der Waals surface area (Å²) >= 11 is 0. The normalized spacial score (nSPS) is 14.4. The fourth-order valence-corrected chi connectivity index (χ4v) is 1.47. The van der Waals surface area contributed by atoms with Gasteiger partial charge in [0, 0.05) is 12.3 Å². The van der Waals surface area contributed by atoms with Crippen molar-refractivity contribution in [1.29, 1.82) is 0 Å². The molecule has 0 aromatic carbocycles. The maximum absolute atomic E-state index is 4.20. The van der Waals surface area contributed by atoms with Gasteiger partial charge < -0.3 is 0 Å². The molecule has 0 amide bonds. The van der Waals surface area contributed by atoms with Crippen molar-refractivity contribution < 1.29 is 0 Å². The van der Waals surface area contributed by atoms with E-state index in [0.717, 1.165) is 12.8 Å². The number of hydrogen-bond donors (Lipinski definition) is 0. The van der Waals surface area contributed by atoms with Crippen LogP contribution in [0.4, 0.5) is 0 Å². The summed E-state index contributed by atoms with van der Waals surface area (Å²) < 4.78 is 0. The van der Waals surface area contributed by atoms with E-state index in [1.54, 1.807) is 0 Å². The van der Waals surface area contributed by atoms with Crippen LogP contribution < -0.4 is 0 Å². The quantitative estimate of drug-likeness (QED) is 0.461. The van der Waals surface area contributed by atoms with Crippen molar-refractivity contribution in [2.75, 3.05) is 0 Å². The Morgan fingerprint density at radius 2 is 1.79 bits per heavy atom. The standard InChI is InChI=1S/C14H24/c1-7-9-10-14(11(3)4)13(6)12(5)8-2/h11-12,14H,6-8H2,1-5H3. The minimum atomic E-state index is 0.380. The van der Waals surface area contributed by atoms with E-state index in [-0.39, 0.29) is 0 Å². The Morgan fingerprint density at radius 3 is 2.14 bits per heavy atom. The summed E-state index contributed by atoms with van der Waals surface area (Å²) in [7, 11) is 0. The zero-order valence-electron chi connectivity index (χ0n) is 10.4. The van der Waals surface area contributed by atoms with Crippen molar-refractivity contribution in [3.05, 3.63) is 12.2 Å². The maximum atomic E-state index is 4.20. The molecule has 0 nitrogen and oxygen atoms in total. The van der Waals surface area contributed by atoms with Gasteiger partial charge in [-0.1, -0.05) is 52.7 Å². The van der Waals surface area contributed by atoms with Crippen LogP contribution in [0.15, 0.2) is 12.2 Å². The van der Waals surface area contributed by atoms with E-state index in [0.29, 0.717) is 17.8 Å². The Kier molecular flexibility index (Phi) is 6.37. The molecule has 0 heteroatoms. The van der Waals surface area contributed by atoms with Crippen LogP contribution in [0.5, 0.6) is 0 Å². The van der Waals surface area contributed by atoms with Crippen molar-refractivity contribution in [2.24, 2.45) is 17.8 Å². The monoisotopic (exact) mass is 192 g/mol. The molecule has 0 saturated carbocycles. The van der Waals surface area contributed by atoms with Crippen molar-refractivity contribution in [1.82, 2.24) is 0 Å². The van der Waals surface area contributed by atoms with Crippen LogP contribution >= 0.6 is 0 Å². The lowest BCUT2D eigenvalue weighted by molar-refractivity contribution is 0.480. The smallest absolute Gasteiger partial charge is 0.0434 e.